The predicted molar refractivity (Wildman–Crippen MR) is 126 cm³/mol. The quantitative estimate of drug-likeness (QED) is 0.475. The van der Waals surface area contributed by atoms with E-state index in [9.17, 15) is 4.79 Å². The average Bonchev–Trinajstić information content (AvgIpc) is 3.36. The van der Waals surface area contributed by atoms with Gasteiger partial charge in [-0.2, -0.15) is 0 Å². The summed E-state index contributed by atoms with van der Waals surface area (Å²) in [5.74, 6) is -1.22. The first-order valence-electron chi connectivity index (χ1n) is 11.4. The predicted octanol–water partition coefficient (Wildman–Crippen LogP) is 5.14. The molecule has 0 N–H and O–H groups in total. The summed E-state index contributed by atoms with van der Waals surface area (Å²) >= 11 is 0. The molecule has 2 aliphatic rings. The number of methoxy groups -OCH3 is 1. The Hall–Kier alpha value is -3.03. The Morgan fingerprint density at radius 1 is 0.824 bits per heavy atom. The summed E-state index contributed by atoms with van der Waals surface area (Å²) in [7, 11) is 1.57. The lowest BCUT2D eigenvalue weighted by molar-refractivity contribution is -0.237. The van der Waals surface area contributed by atoms with Crippen molar-refractivity contribution in [3.05, 3.63) is 96.1 Å². The van der Waals surface area contributed by atoms with Gasteiger partial charge in [-0.15, -0.1) is 0 Å². The first kappa shape index (κ1) is 22.7. The molecule has 5 rings (SSSR count). The minimum Gasteiger partial charge on any atom is -0.451 e. The van der Waals surface area contributed by atoms with Gasteiger partial charge in [-0.1, -0.05) is 72.8 Å². The molecule has 5 atom stereocenters. The molecule has 176 valence electrons. The van der Waals surface area contributed by atoms with E-state index >= 15 is 0 Å². The molecule has 0 aromatic heterocycles. The van der Waals surface area contributed by atoms with Crippen molar-refractivity contribution < 1.29 is 28.5 Å². The van der Waals surface area contributed by atoms with E-state index in [1.165, 1.54) is 0 Å². The third-order valence-electron chi connectivity index (χ3n) is 6.17. The second-order valence-corrected chi connectivity index (χ2v) is 8.95. The third kappa shape index (κ3) is 4.50. The van der Waals surface area contributed by atoms with E-state index in [0.717, 1.165) is 16.7 Å². The zero-order valence-electron chi connectivity index (χ0n) is 19.4. The number of carbonyl (C=O) groups excluding carboxylic acids is 1. The Morgan fingerprint density at radius 3 is 2.06 bits per heavy atom. The summed E-state index contributed by atoms with van der Waals surface area (Å²) in [6, 6.07) is 27.0. The Bertz CT molecular complexity index is 1110. The van der Waals surface area contributed by atoms with Crippen molar-refractivity contribution in [2.45, 2.75) is 50.3 Å². The van der Waals surface area contributed by atoms with E-state index < -0.39 is 42.5 Å². The van der Waals surface area contributed by atoms with Crippen LogP contribution in [-0.2, 0) is 23.7 Å². The van der Waals surface area contributed by atoms with Crippen LogP contribution < -0.4 is 0 Å². The number of fused-ring (bicyclic) bond motifs is 1. The van der Waals surface area contributed by atoms with Gasteiger partial charge in [-0.25, -0.2) is 4.79 Å². The van der Waals surface area contributed by atoms with Crippen LogP contribution in [0.3, 0.4) is 0 Å². The molecule has 3 aromatic carbocycles. The fourth-order valence-electron chi connectivity index (χ4n) is 4.61. The molecule has 0 aliphatic carbocycles. The van der Waals surface area contributed by atoms with Gasteiger partial charge in [0, 0.05) is 7.11 Å². The van der Waals surface area contributed by atoms with Crippen LogP contribution >= 0.6 is 0 Å². The van der Waals surface area contributed by atoms with Crippen molar-refractivity contribution in [2.75, 3.05) is 7.11 Å². The molecule has 2 heterocycles. The molecule has 0 amide bonds. The molecule has 2 saturated heterocycles. The highest BCUT2D eigenvalue weighted by molar-refractivity contribution is 5.90. The molecular formula is C28H28O6. The van der Waals surface area contributed by atoms with Crippen LogP contribution in [0.4, 0.5) is 0 Å². The van der Waals surface area contributed by atoms with E-state index in [0.29, 0.717) is 5.56 Å². The van der Waals surface area contributed by atoms with Crippen molar-refractivity contribution in [2.24, 2.45) is 0 Å². The molecule has 6 nitrogen and oxygen atoms in total. The second kappa shape index (κ2) is 9.31. The average molecular weight is 461 g/mol. The monoisotopic (exact) mass is 460 g/mol. The minimum atomic E-state index is -0.785. The fraction of sp³-hybridized carbons (Fsp3) is 0.321. The van der Waals surface area contributed by atoms with Crippen LogP contribution in [0.5, 0.6) is 0 Å². The summed E-state index contributed by atoms with van der Waals surface area (Å²) in [6.07, 6.45) is -2.77. The van der Waals surface area contributed by atoms with Gasteiger partial charge in [-0.05, 0) is 42.7 Å². The number of benzene rings is 3. The topological polar surface area (TPSA) is 63.2 Å². The van der Waals surface area contributed by atoms with Crippen molar-refractivity contribution >= 4 is 5.97 Å². The van der Waals surface area contributed by atoms with Crippen LogP contribution in [-0.4, -0.2) is 43.5 Å². The maximum Gasteiger partial charge on any atom is 0.338 e. The van der Waals surface area contributed by atoms with Crippen LogP contribution in [0.1, 0.15) is 35.9 Å². The number of ether oxygens (including phenoxy) is 5. The Labute approximate surface area is 199 Å². The summed E-state index contributed by atoms with van der Waals surface area (Å²) in [4.78, 5) is 13.2. The highest BCUT2D eigenvalue weighted by atomic mass is 16.8. The molecule has 0 radical (unpaired) electrons. The number of rotatable bonds is 6. The van der Waals surface area contributed by atoms with Gasteiger partial charge >= 0.3 is 5.97 Å². The lowest BCUT2D eigenvalue weighted by Crippen LogP contribution is -2.36. The molecule has 6 heteroatoms. The molecular weight excluding hydrogens is 432 g/mol. The highest BCUT2D eigenvalue weighted by Gasteiger charge is 2.58. The van der Waals surface area contributed by atoms with Crippen LogP contribution in [0.15, 0.2) is 84.9 Å². The molecule has 0 spiro atoms. The van der Waals surface area contributed by atoms with Crippen molar-refractivity contribution in [3.8, 4) is 11.1 Å². The molecule has 0 saturated carbocycles. The van der Waals surface area contributed by atoms with Crippen LogP contribution in [0.2, 0.25) is 0 Å². The Morgan fingerprint density at radius 2 is 1.41 bits per heavy atom. The summed E-state index contributed by atoms with van der Waals surface area (Å²) < 4.78 is 29.9. The zero-order chi connectivity index (χ0) is 23.7. The van der Waals surface area contributed by atoms with E-state index in [1.807, 2.05) is 86.6 Å². The summed E-state index contributed by atoms with van der Waals surface area (Å²) in [5, 5.41) is 0. The normalized spacial score (nSPS) is 26.1. The largest absolute Gasteiger partial charge is 0.451 e. The number of carbonyl (C=O) groups is 1. The molecule has 2 fully saturated rings. The van der Waals surface area contributed by atoms with Gasteiger partial charge in [0.2, 0.25) is 0 Å². The maximum atomic E-state index is 13.2. The number of esters is 1. The van der Waals surface area contributed by atoms with Crippen molar-refractivity contribution in [1.29, 1.82) is 0 Å². The summed E-state index contributed by atoms with van der Waals surface area (Å²) in [5.41, 5.74) is 3.38. The van der Waals surface area contributed by atoms with E-state index in [2.05, 4.69) is 0 Å². The first-order chi connectivity index (χ1) is 16.4. The van der Waals surface area contributed by atoms with Gasteiger partial charge < -0.3 is 23.7 Å². The molecule has 3 aromatic rings. The molecule has 0 unspecified atom stereocenters. The van der Waals surface area contributed by atoms with Crippen molar-refractivity contribution in [1.82, 2.24) is 0 Å². The number of hydrogen-bond acceptors (Lipinski definition) is 6. The van der Waals surface area contributed by atoms with E-state index in [1.54, 1.807) is 19.2 Å². The standard InChI is InChI=1S/C28H28O6/c1-28(2)33-24-23(32-27(30-3)25(24)34-28)22(20-12-8-5-9-13-20)31-26(29)21-16-14-19(15-17-21)18-10-6-4-7-11-18/h4-17,22-25,27H,1-3H3/t22-,23-,24-,25-,27+/m1/s1. The third-order valence-corrected chi connectivity index (χ3v) is 6.17. The van der Waals surface area contributed by atoms with Gasteiger partial charge in [0.15, 0.2) is 18.2 Å². The minimum absolute atomic E-state index is 0.417. The van der Waals surface area contributed by atoms with E-state index in [-0.39, 0.29) is 0 Å². The second-order valence-electron chi connectivity index (χ2n) is 8.95. The van der Waals surface area contributed by atoms with Gasteiger partial charge in [0.1, 0.15) is 18.3 Å². The molecule has 2 aliphatic heterocycles. The lowest BCUT2D eigenvalue weighted by Gasteiger charge is -2.29. The van der Waals surface area contributed by atoms with E-state index in [4.69, 9.17) is 23.7 Å². The zero-order valence-corrected chi connectivity index (χ0v) is 19.4. The molecule has 0 bridgehead atoms. The Kier molecular flexibility index (Phi) is 6.23. The van der Waals surface area contributed by atoms with Crippen molar-refractivity contribution in [3.63, 3.8) is 0 Å². The van der Waals surface area contributed by atoms with Gasteiger partial charge in [-0.3, -0.25) is 0 Å². The van der Waals surface area contributed by atoms with Crippen LogP contribution in [0, 0.1) is 0 Å². The maximum absolute atomic E-state index is 13.2. The van der Waals surface area contributed by atoms with Crippen LogP contribution in [0.25, 0.3) is 11.1 Å². The Balaban J connectivity index is 1.41. The summed E-state index contributed by atoms with van der Waals surface area (Å²) in [6.45, 7) is 3.71. The lowest BCUT2D eigenvalue weighted by atomic mass is 9.99. The highest BCUT2D eigenvalue weighted by Crippen LogP contribution is 2.44. The van der Waals surface area contributed by atoms with Gasteiger partial charge in [0.25, 0.3) is 0 Å². The SMILES string of the molecule is CO[C@H]1O[C@H]([C@H](OC(=O)c2ccc(-c3ccccc3)cc2)c2ccccc2)[C@H]2OC(C)(C)O[C@@H]12. The number of hydrogen-bond donors (Lipinski definition) is 0. The fourth-order valence-corrected chi connectivity index (χ4v) is 4.61. The van der Waals surface area contributed by atoms with Gasteiger partial charge in [0.05, 0.1) is 5.56 Å². The first-order valence-corrected chi connectivity index (χ1v) is 11.4. The molecule has 34 heavy (non-hydrogen) atoms. The smallest absolute Gasteiger partial charge is 0.338 e.